The Balaban J connectivity index is 1.77. The minimum absolute atomic E-state index is 0.0433. The third-order valence-corrected chi connectivity index (χ3v) is 17.0. The molecule has 2 N–H and O–H groups in total. The maximum atomic E-state index is 13.2. The maximum Gasteiger partial charge on any atom is 0.233 e. The highest BCUT2D eigenvalue weighted by Gasteiger charge is 2.42. The summed E-state index contributed by atoms with van der Waals surface area (Å²) < 4.78 is 6.84. The Morgan fingerprint density at radius 2 is 1.26 bits per heavy atom. The number of rotatable bonds is 21. The Morgan fingerprint density at radius 1 is 0.830 bits per heavy atom. The lowest BCUT2D eigenvalue weighted by atomic mass is 10.0. The molecule has 0 aromatic rings. The third-order valence-electron chi connectivity index (χ3n) is 9.51. The molecule has 2 rings (SSSR count). The molecule has 0 aromatic carbocycles. The van der Waals surface area contributed by atoms with Gasteiger partial charge in [0, 0.05) is 48.8 Å². The summed E-state index contributed by atoms with van der Waals surface area (Å²) in [6.45, 7) is 20.5. The van der Waals surface area contributed by atoms with Crippen molar-refractivity contribution in [1.29, 1.82) is 0 Å². The van der Waals surface area contributed by atoms with Crippen molar-refractivity contribution in [2.24, 2.45) is 11.8 Å². The molecule has 258 valence electrons. The van der Waals surface area contributed by atoms with Gasteiger partial charge in [0.15, 0.2) is 24.5 Å². The molecule has 4 amide bonds. The number of imide groups is 2. The molecule has 2 saturated heterocycles. The molecule has 0 bridgehead atoms. The first-order chi connectivity index (χ1) is 21.9. The van der Waals surface area contributed by atoms with Gasteiger partial charge in [0.25, 0.3) is 0 Å². The molecule has 2 fully saturated rings. The van der Waals surface area contributed by atoms with Crippen LogP contribution < -0.4 is 10.6 Å². The van der Waals surface area contributed by atoms with E-state index in [4.69, 9.17) is 19.8 Å². The second-order valence-electron chi connectivity index (χ2n) is 15.2. The van der Waals surface area contributed by atoms with E-state index in [0.717, 1.165) is 37.8 Å². The molecule has 6 unspecified atom stereocenters. The van der Waals surface area contributed by atoms with Crippen LogP contribution in [0.4, 0.5) is 0 Å². The number of nitrogens with zero attached hydrogens (tertiary/aromatic N) is 2. The van der Waals surface area contributed by atoms with Crippen LogP contribution in [0.25, 0.3) is 0 Å². The molecule has 0 spiro atoms. The van der Waals surface area contributed by atoms with Crippen LogP contribution in [-0.4, -0.2) is 89.9 Å². The van der Waals surface area contributed by atoms with E-state index in [1.807, 2.05) is 27.7 Å². The molecule has 9 nitrogen and oxygen atoms in total. The minimum Gasteiger partial charge on any atom is -0.455 e. The third kappa shape index (κ3) is 13.3. The minimum atomic E-state index is -2.01. The molecule has 47 heavy (non-hydrogen) atoms. The Hall–Kier alpha value is -2.30. The second-order valence-corrected chi connectivity index (χ2v) is 24.0. The summed E-state index contributed by atoms with van der Waals surface area (Å²) in [6.07, 6.45) is 6.69. The summed E-state index contributed by atoms with van der Waals surface area (Å²) in [4.78, 5) is 54.8. The van der Waals surface area contributed by atoms with Crippen molar-refractivity contribution in [2.75, 3.05) is 0 Å². The van der Waals surface area contributed by atoms with Crippen molar-refractivity contribution in [3.63, 3.8) is 0 Å². The van der Waals surface area contributed by atoms with E-state index >= 15 is 0 Å². The summed E-state index contributed by atoms with van der Waals surface area (Å²) in [7, 11) is 6.82. The van der Waals surface area contributed by atoms with Crippen LogP contribution >= 0.6 is 0 Å². The van der Waals surface area contributed by atoms with Gasteiger partial charge in [-0.05, 0) is 116 Å². The van der Waals surface area contributed by atoms with Gasteiger partial charge in [-0.1, -0.05) is 19.4 Å². The van der Waals surface area contributed by atoms with E-state index in [-0.39, 0.29) is 66.1 Å². The first kappa shape index (κ1) is 40.9. The van der Waals surface area contributed by atoms with Gasteiger partial charge in [-0.15, -0.1) is 5.82 Å². The van der Waals surface area contributed by atoms with Crippen LogP contribution in [0.15, 0.2) is 12.2 Å². The summed E-state index contributed by atoms with van der Waals surface area (Å²) >= 11 is 0. The molecule has 4 radical (unpaired) electrons. The lowest BCUT2D eigenvalue weighted by Crippen LogP contribution is -2.44. The smallest absolute Gasteiger partial charge is 0.233 e. The van der Waals surface area contributed by atoms with Crippen LogP contribution in [0.1, 0.15) is 91.9 Å². The van der Waals surface area contributed by atoms with Crippen LogP contribution in [-0.2, 0) is 23.3 Å². The van der Waals surface area contributed by atoms with Crippen molar-refractivity contribution in [2.45, 2.75) is 154 Å². The quantitative estimate of drug-likeness (QED) is 0.0781. The standard InChI is InChI=1S/C34H58B2N4O5Si2/c1-24(37-19-18-35)14-16-26(3)39-31(41)22-29(33(39)43)12-10-20-46(6,7)45-47(8,9)21-11-13-30-23-32(42)40(34(30)44)27(4)17-15-25(2)38-28(5)36/h24-27,29-30,37-38H,5,10-17,20-23H2,1-4,6-9H3. The van der Waals surface area contributed by atoms with Crippen molar-refractivity contribution >= 4 is 56.0 Å². The van der Waals surface area contributed by atoms with Crippen LogP contribution in [0.2, 0.25) is 38.3 Å². The summed E-state index contributed by atoms with van der Waals surface area (Å²) in [5.74, 6) is 1.59. The van der Waals surface area contributed by atoms with E-state index in [1.165, 1.54) is 9.80 Å². The fraction of sp³-hybridized carbons (Fsp3) is 0.765. The van der Waals surface area contributed by atoms with Crippen molar-refractivity contribution in [1.82, 2.24) is 20.4 Å². The molecule has 0 aliphatic carbocycles. The second kappa shape index (κ2) is 18.5. The van der Waals surface area contributed by atoms with Crippen LogP contribution in [0.5, 0.6) is 0 Å². The monoisotopic (exact) mass is 680 g/mol. The van der Waals surface area contributed by atoms with Gasteiger partial charge in [0.05, 0.1) is 0 Å². The zero-order chi connectivity index (χ0) is 35.5. The highest BCUT2D eigenvalue weighted by molar-refractivity contribution is 6.84. The predicted octanol–water partition coefficient (Wildman–Crippen LogP) is 4.74. The highest BCUT2D eigenvalue weighted by Crippen LogP contribution is 2.32. The first-order valence-electron chi connectivity index (χ1n) is 17.5. The number of amides is 4. The molecular weight excluding hydrogens is 622 g/mol. The average Bonchev–Trinajstić information content (AvgIpc) is 3.40. The first-order valence-corrected chi connectivity index (χ1v) is 23.7. The zero-order valence-corrected chi connectivity index (χ0v) is 32.2. The van der Waals surface area contributed by atoms with Gasteiger partial charge < -0.3 is 14.7 Å². The summed E-state index contributed by atoms with van der Waals surface area (Å²) in [5, 5.41) is 6.07. The highest BCUT2D eigenvalue weighted by atomic mass is 28.4. The molecular formula is C34H58B2N4O5Si2. The lowest BCUT2D eigenvalue weighted by Gasteiger charge is -2.34. The number of carbonyl (C=O) groups excluding carboxylic acids is 4. The van der Waals surface area contributed by atoms with Gasteiger partial charge in [0.2, 0.25) is 23.6 Å². The number of hydrogen-bond donors (Lipinski definition) is 2. The maximum absolute atomic E-state index is 13.2. The van der Waals surface area contributed by atoms with E-state index in [2.05, 4.69) is 55.3 Å². The zero-order valence-electron chi connectivity index (χ0n) is 30.2. The van der Waals surface area contributed by atoms with Gasteiger partial charge >= 0.3 is 0 Å². The normalized spacial score (nSPS) is 21.4. The summed E-state index contributed by atoms with van der Waals surface area (Å²) in [5.41, 5.74) is 0.418. The molecule has 6 atom stereocenters. The molecule has 13 heteroatoms. The van der Waals surface area contributed by atoms with E-state index in [1.54, 1.807) is 0 Å². The van der Waals surface area contributed by atoms with Crippen molar-refractivity contribution in [3.8, 4) is 11.9 Å². The van der Waals surface area contributed by atoms with Gasteiger partial charge in [0.1, 0.15) is 7.85 Å². The Bertz CT molecular complexity index is 1190. The van der Waals surface area contributed by atoms with E-state index in [0.29, 0.717) is 37.7 Å². The largest absolute Gasteiger partial charge is 0.455 e. The number of hydrogen-bond acceptors (Lipinski definition) is 7. The molecule has 2 heterocycles. The molecule has 0 saturated carbocycles. The lowest BCUT2D eigenvalue weighted by molar-refractivity contribution is -0.143. The Kier molecular flexibility index (Phi) is 16.1. The number of nitrogens with one attached hydrogen (secondary N) is 2. The fourth-order valence-corrected chi connectivity index (χ4v) is 16.0. The van der Waals surface area contributed by atoms with Crippen molar-refractivity contribution in [3.05, 3.63) is 12.2 Å². The van der Waals surface area contributed by atoms with Gasteiger partial charge in [-0.25, -0.2) is 0 Å². The molecule has 2 aliphatic rings. The Morgan fingerprint density at radius 3 is 1.66 bits per heavy atom. The average molecular weight is 681 g/mol. The Labute approximate surface area is 289 Å². The fourth-order valence-electron chi connectivity index (χ4n) is 7.07. The molecule has 0 aromatic heterocycles. The van der Waals surface area contributed by atoms with E-state index < -0.39 is 16.6 Å². The topological polar surface area (TPSA) is 108 Å². The SMILES string of the molecule is [B]C#CNC(C)CCC(C)N1C(=O)CC(CCC[Si](C)(C)O[Si](C)(C)CCCC2CC(=O)N(C(C)CCC(C)NC([B])=C)C2=O)C1=O. The summed E-state index contributed by atoms with van der Waals surface area (Å²) in [6, 6.07) is 4.46. The molecule has 2 aliphatic heterocycles. The predicted molar refractivity (Wildman–Crippen MR) is 195 cm³/mol. The number of carbonyl (C=O) groups is 4. The van der Waals surface area contributed by atoms with Gasteiger partial charge in [-0.2, -0.15) is 0 Å². The van der Waals surface area contributed by atoms with Crippen molar-refractivity contribution < 1.29 is 23.3 Å². The van der Waals surface area contributed by atoms with Crippen LogP contribution in [0.3, 0.4) is 0 Å². The van der Waals surface area contributed by atoms with E-state index in [9.17, 15) is 19.2 Å². The number of likely N-dealkylation sites (tertiary alicyclic amines) is 2. The van der Waals surface area contributed by atoms with Gasteiger partial charge in [-0.3, -0.25) is 29.0 Å². The van der Waals surface area contributed by atoms with Crippen LogP contribution in [0, 0.1) is 23.7 Å².